The summed E-state index contributed by atoms with van der Waals surface area (Å²) in [5.41, 5.74) is 7.93. The van der Waals surface area contributed by atoms with Gasteiger partial charge in [0.15, 0.2) is 6.61 Å². The van der Waals surface area contributed by atoms with Crippen molar-refractivity contribution in [1.29, 1.82) is 0 Å². The van der Waals surface area contributed by atoms with E-state index in [0.717, 1.165) is 5.56 Å². The van der Waals surface area contributed by atoms with E-state index in [1.54, 1.807) is 12.1 Å². The summed E-state index contributed by atoms with van der Waals surface area (Å²) in [7, 11) is 0. The van der Waals surface area contributed by atoms with Crippen LogP contribution in [0, 0.1) is 6.92 Å². The molecular weight excluding hydrogens is 168 g/mol. The van der Waals surface area contributed by atoms with Crippen LogP contribution in [0.4, 0.5) is 11.4 Å². The number of carbonyl (C=O) groups excluding carboxylic acids is 1. The molecule has 1 aromatic carbocycles. The Labute approximate surface area is 75.7 Å². The van der Waals surface area contributed by atoms with Gasteiger partial charge in [0.05, 0.1) is 5.69 Å². The minimum absolute atomic E-state index is 0.0668. The molecule has 1 aliphatic heterocycles. The molecule has 1 heterocycles. The second kappa shape index (κ2) is 2.65. The first-order valence-electron chi connectivity index (χ1n) is 4.00. The molecule has 0 aromatic heterocycles. The number of hydrogen-bond acceptors (Lipinski definition) is 3. The molecule has 0 spiro atoms. The summed E-state index contributed by atoms with van der Waals surface area (Å²) in [6.45, 7) is 1.93. The van der Waals surface area contributed by atoms with Gasteiger partial charge in [-0.3, -0.25) is 4.79 Å². The van der Waals surface area contributed by atoms with Gasteiger partial charge in [0.2, 0.25) is 0 Å². The molecule has 1 amide bonds. The van der Waals surface area contributed by atoms with Gasteiger partial charge in [0.25, 0.3) is 5.91 Å². The van der Waals surface area contributed by atoms with Crippen molar-refractivity contribution in [2.75, 3.05) is 17.7 Å². The summed E-state index contributed by atoms with van der Waals surface area (Å²) in [4.78, 5) is 11.0. The molecule has 0 fully saturated rings. The van der Waals surface area contributed by atoms with Crippen LogP contribution in [0.5, 0.6) is 5.75 Å². The summed E-state index contributed by atoms with van der Waals surface area (Å²) >= 11 is 0. The summed E-state index contributed by atoms with van der Waals surface area (Å²) in [6.07, 6.45) is 0. The molecule has 0 unspecified atom stereocenters. The van der Waals surface area contributed by atoms with Crippen LogP contribution in [0.25, 0.3) is 0 Å². The molecule has 4 nitrogen and oxygen atoms in total. The lowest BCUT2D eigenvalue weighted by molar-refractivity contribution is -0.118. The van der Waals surface area contributed by atoms with E-state index >= 15 is 0 Å². The van der Waals surface area contributed by atoms with Gasteiger partial charge in [-0.25, -0.2) is 0 Å². The molecular formula is C9H10N2O2. The third-order valence-electron chi connectivity index (χ3n) is 2.07. The smallest absolute Gasteiger partial charge is 0.262 e. The molecule has 0 saturated carbocycles. The first kappa shape index (κ1) is 7.91. The van der Waals surface area contributed by atoms with Gasteiger partial charge in [0, 0.05) is 11.3 Å². The third kappa shape index (κ3) is 1.20. The van der Waals surface area contributed by atoms with Gasteiger partial charge in [-0.1, -0.05) is 0 Å². The monoisotopic (exact) mass is 178 g/mol. The molecule has 2 rings (SSSR count). The molecule has 0 radical (unpaired) electrons. The van der Waals surface area contributed by atoms with Gasteiger partial charge in [-0.2, -0.15) is 0 Å². The number of nitrogen functional groups attached to an aromatic ring is 1. The lowest BCUT2D eigenvalue weighted by Gasteiger charge is -2.20. The number of ether oxygens (including phenoxy) is 1. The maximum atomic E-state index is 11.0. The molecule has 1 aliphatic rings. The fourth-order valence-corrected chi connectivity index (χ4v) is 1.32. The van der Waals surface area contributed by atoms with Crippen molar-refractivity contribution in [3.63, 3.8) is 0 Å². The standard InChI is InChI=1S/C9H10N2O2/c1-5-6(10)2-3-7-9(5)13-4-8(12)11-7/h2-3H,4,10H2,1H3,(H,11,12). The molecule has 0 saturated heterocycles. The second-order valence-electron chi connectivity index (χ2n) is 2.99. The first-order valence-corrected chi connectivity index (χ1v) is 4.00. The Morgan fingerprint density at radius 3 is 3.08 bits per heavy atom. The van der Waals surface area contributed by atoms with E-state index < -0.39 is 0 Å². The number of carbonyl (C=O) groups is 1. The topological polar surface area (TPSA) is 64.3 Å². The number of hydrogen-bond donors (Lipinski definition) is 2. The lowest BCUT2D eigenvalue weighted by Crippen LogP contribution is -2.25. The van der Waals surface area contributed by atoms with Gasteiger partial charge in [0.1, 0.15) is 5.75 Å². The largest absolute Gasteiger partial charge is 0.481 e. The number of amides is 1. The van der Waals surface area contributed by atoms with Crippen molar-refractivity contribution >= 4 is 17.3 Å². The third-order valence-corrected chi connectivity index (χ3v) is 2.07. The van der Waals surface area contributed by atoms with E-state index in [9.17, 15) is 4.79 Å². The van der Waals surface area contributed by atoms with Crippen molar-refractivity contribution < 1.29 is 9.53 Å². The Bertz CT molecular complexity index is 374. The fraction of sp³-hybridized carbons (Fsp3) is 0.222. The molecule has 68 valence electrons. The zero-order valence-corrected chi connectivity index (χ0v) is 7.26. The van der Waals surface area contributed by atoms with Crippen molar-refractivity contribution in [1.82, 2.24) is 0 Å². The quantitative estimate of drug-likeness (QED) is 0.580. The SMILES string of the molecule is Cc1c(N)ccc2c1OCC(=O)N2. The van der Waals surface area contributed by atoms with Crippen LogP contribution in [-0.2, 0) is 4.79 Å². The Kier molecular flexibility index (Phi) is 1.62. The highest BCUT2D eigenvalue weighted by Gasteiger charge is 2.18. The van der Waals surface area contributed by atoms with Crippen molar-refractivity contribution in [3.8, 4) is 5.75 Å². The first-order chi connectivity index (χ1) is 6.18. The van der Waals surface area contributed by atoms with Crippen molar-refractivity contribution in [2.24, 2.45) is 0 Å². The lowest BCUT2D eigenvalue weighted by atomic mass is 10.1. The average Bonchev–Trinajstić information content (AvgIpc) is 2.12. The molecule has 4 heteroatoms. The van der Waals surface area contributed by atoms with E-state index in [4.69, 9.17) is 10.5 Å². The maximum Gasteiger partial charge on any atom is 0.262 e. The van der Waals surface area contributed by atoms with E-state index in [1.807, 2.05) is 6.92 Å². The van der Waals surface area contributed by atoms with Crippen LogP contribution < -0.4 is 15.8 Å². The Morgan fingerprint density at radius 2 is 2.31 bits per heavy atom. The Hall–Kier alpha value is -1.71. The highest BCUT2D eigenvalue weighted by molar-refractivity contribution is 5.96. The summed E-state index contributed by atoms with van der Waals surface area (Å²) in [5.74, 6) is 0.552. The van der Waals surface area contributed by atoms with Crippen LogP contribution in [0.3, 0.4) is 0 Å². The number of benzene rings is 1. The predicted molar refractivity (Wildman–Crippen MR) is 49.7 cm³/mol. The van der Waals surface area contributed by atoms with E-state index in [-0.39, 0.29) is 12.5 Å². The van der Waals surface area contributed by atoms with Crippen LogP contribution in [-0.4, -0.2) is 12.5 Å². The van der Waals surface area contributed by atoms with Gasteiger partial charge < -0.3 is 15.8 Å². The van der Waals surface area contributed by atoms with Gasteiger partial charge >= 0.3 is 0 Å². The fourth-order valence-electron chi connectivity index (χ4n) is 1.32. The minimum atomic E-state index is -0.128. The van der Waals surface area contributed by atoms with Crippen LogP contribution >= 0.6 is 0 Å². The number of nitrogens with one attached hydrogen (secondary N) is 1. The molecule has 3 N–H and O–H groups in total. The van der Waals surface area contributed by atoms with E-state index in [1.165, 1.54) is 0 Å². The predicted octanol–water partition coefficient (Wildman–Crippen LogP) is 0.908. The van der Waals surface area contributed by atoms with Gasteiger partial charge in [-0.05, 0) is 19.1 Å². The zero-order valence-electron chi connectivity index (χ0n) is 7.26. The zero-order chi connectivity index (χ0) is 9.42. The number of anilines is 2. The highest BCUT2D eigenvalue weighted by Crippen LogP contribution is 2.34. The molecule has 0 atom stereocenters. The molecule has 0 aliphatic carbocycles. The van der Waals surface area contributed by atoms with Gasteiger partial charge in [-0.15, -0.1) is 0 Å². The highest BCUT2D eigenvalue weighted by atomic mass is 16.5. The average molecular weight is 178 g/mol. The summed E-state index contributed by atoms with van der Waals surface area (Å²) in [6, 6.07) is 3.50. The Balaban J connectivity index is 2.53. The van der Waals surface area contributed by atoms with Crippen LogP contribution in [0.2, 0.25) is 0 Å². The number of nitrogens with two attached hydrogens (primary N) is 1. The van der Waals surface area contributed by atoms with Crippen LogP contribution in [0.15, 0.2) is 12.1 Å². The van der Waals surface area contributed by atoms with Crippen molar-refractivity contribution in [3.05, 3.63) is 17.7 Å². The summed E-state index contributed by atoms with van der Waals surface area (Å²) < 4.78 is 5.26. The number of fused-ring (bicyclic) bond motifs is 1. The maximum absolute atomic E-state index is 11.0. The molecule has 1 aromatic rings. The second-order valence-corrected chi connectivity index (χ2v) is 2.99. The number of rotatable bonds is 0. The Morgan fingerprint density at radius 1 is 1.54 bits per heavy atom. The van der Waals surface area contributed by atoms with E-state index in [0.29, 0.717) is 17.1 Å². The normalized spacial score (nSPS) is 14.4. The summed E-state index contributed by atoms with van der Waals surface area (Å²) in [5, 5.41) is 2.71. The molecule has 0 bridgehead atoms. The molecule has 13 heavy (non-hydrogen) atoms. The van der Waals surface area contributed by atoms with Crippen molar-refractivity contribution in [2.45, 2.75) is 6.92 Å². The van der Waals surface area contributed by atoms with E-state index in [2.05, 4.69) is 5.32 Å². The minimum Gasteiger partial charge on any atom is -0.481 e. The van der Waals surface area contributed by atoms with Crippen LogP contribution in [0.1, 0.15) is 5.56 Å².